The van der Waals surface area contributed by atoms with Gasteiger partial charge >= 0.3 is 0 Å². The standard InChI is InChI=1S/C34H21NO/c1-7-15-30-22(9-1)17-19-31(35-30)23-18-20-33-29(21-23)34(28-14-6-8-16-32(28)36-33)26-12-4-2-10-24(26)25-11-3-5-13-27(25)34/h1-21H. The summed E-state index contributed by atoms with van der Waals surface area (Å²) in [4.78, 5) is 5.00. The number of ether oxygens (including phenoxy) is 1. The van der Waals surface area contributed by atoms with Gasteiger partial charge in [-0.3, -0.25) is 0 Å². The Balaban J connectivity index is 1.46. The van der Waals surface area contributed by atoms with Crippen LogP contribution in [0.1, 0.15) is 22.3 Å². The van der Waals surface area contributed by atoms with Gasteiger partial charge in [-0.05, 0) is 58.7 Å². The summed E-state index contributed by atoms with van der Waals surface area (Å²) >= 11 is 0. The van der Waals surface area contributed by atoms with Crippen LogP contribution < -0.4 is 4.74 Å². The van der Waals surface area contributed by atoms with Crippen LogP contribution in [0.25, 0.3) is 33.3 Å². The van der Waals surface area contributed by atoms with Crippen LogP contribution in [-0.4, -0.2) is 4.98 Å². The minimum absolute atomic E-state index is 0.454. The molecule has 5 aromatic carbocycles. The van der Waals surface area contributed by atoms with Gasteiger partial charge in [-0.2, -0.15) is 0 Å². The molecule has 0 bridgehead atoms. The van der Waals surface area contributed by atoms with Crippen LogP contribution >= 0.6 is 0 Å². The predicted octanol–water partition coefficient (Wildman–Crippen LogP) is 8.37. The molecule has 8 rings (SSSR count). The fourth-order valence-electron chi connectivity index (χ4n) is 6.24. The molecule has 36 heavy (non-hydrogen) atoms. The van der Waals surface area contributed by atoms with Gasteiger partial charge in [0.25, 0.3) is 0 Å². The smallest absolute Gasteiger partial charge is 0.132 e. The Labute approximate surface area is 209 Å². The van der Waals surface area contributed by atoms with Crippen molar-refractivity contribution in [1.82, 2.24) is 4.98 Å². The molecule has 0 saturated carbocycles. The quantitative estimate of drug-likeness (QED) is 0.246. The van der Waals surface area contributed by atoms with Crippen LogP contribution in [0.15, 0.2) is 127 Å². The number of benzene rings is 5. The number of rotatable bonds is 1. The molecule has 168 valence electrons. The van der Waals surface area contributed by atoms with E-state index in [2.05, 4.69) is 121 Å². The molecule has 0 unspecified atom stereocenters. The Morgan fingerprint density at radius 1 is 0.500 bits per heavy atom. The topological polar surface area (TPSA) is 22.1 Å². The highest BCUT2D eigenvalue weighted by Gasteiger charge is 2.50. The summed E-state index contributed by atoms with van der Waals surface area (Å²) in [5, 5.41) is 1.14. The van der Waals surface area contributed by atoms with Crippen LogP contribution in [0.2, 0.25) is 0 Å². The molecule has 0 radical (unpaired) electrons. The zero-order valence-electron chi connectivity index (χ0n) is 19.5. The summed E-state index contributed by atoms with van der Waals surface area (Å²) in [5.74, 6) is 1.80. The lowest BCUT2D eigenvalue weighted by Gasteiger charge is -2.39. The lowest BCUT2D eigenvalue weighted by Crippen LogP contribution is -2.32. The fourth-order valence-corrected chi connectivity index (χ4v) is 6.24. The first-order chi connectivity index (χ1) is 17.8. The summed E-state index contributed by atoms with van der Waals surface area (Å²) < 4.78 is 6.53. The maximum atomic E-state index is 6.53. The Morgan fingerprint density at radius 3 is 1.94 bits per heavy atom. The maximum Gasteiger partial charge on any atom is 0.132 e. The van der Waals surface area contributed by atoms with Crippen molar-refractivity contribution in [2.45, 2.75) is 5.41 Å². The Morgan fingerprint density at radius 2 is 1.14 bits per heavy atom. The Bertz CT molecular complexity index is 1790. The first kappa shape index (κ1) is 19.6. The van der Waals surface area contributed by atoms with E-state index in [4.69, 9.17) is 9.72 Å². The largest absolute Gasteiger partial charge is 0.457 e. The van der Waals surface area contributed by atoms with Crippen molar-refractivity contribution >= 4 is 10.9 Å². The van der Waals surface area contributed by atoms with E-state index in [0.717, 1.165) is 39.2 Å². The van der Waals surface area contributed by atoms with Crippen LogP contribution in [0.4, 0.5) is 0 Å². The first-order valence-corrected chi connectivity index (χ1v) is 12.3. The molecule has 2 heteroatoms. The normalized spacial score (nSPS) is 14.0. The van der Waals surface area contributed by atoms with E-state index in [9.17, 15) is 0 Å². The molecule has 1 aliphatic heterocycles. The van der Waals surface area contributed by atoms with Gasteiger partial charge in [-0.1, -0.05) is 91.0 Å². The third kappa shape index (κ3) is 2.48. The zero-order chi connectivity index (χ0) is 23.7. The number of para-hydroxylation sites is 2. The molecule has 2 nitrogen and oxygen atoms in total. The Kier molecular flexibility index (Phi) is 3.90. The van der Waals surface area contributed by atoms with Crippen molar-refractivity contribution < 1.29 is 4.74 Å². The first-order valence-electron chi connectivity index (χ1n) is 12.3. The number of aromatic nitrogens is 1. The summed E-state index contributed by atoms with van der Waals surface area (Å²) in [6.07, 6.45) is 0. The van der Waals surface area contributed by atoms with Crippen LogP contribution in [0.5, 0.6) is 11.5 Å². The summed E-state index contributed by atoms with van der Waals surface area (Å²) in [5.41, 5.74) is 10.1. The molecule has 2 heterocycles. The second kappa shape index (κ2) is 7.16. The van der Waals surface area contributed by atoms with E-state index in [0.29, 0.717) is 0 Å². The molecule has 0 atom stereocenters. The lowest BCUT2D eigenvalue weighted by molar-refractivity contribution is 0.436. The van der Waals surface area contributed by atoms with E-state index in [1.54, 1.807) is 0 Å². The third-order valence-corrected chi connectivity index (χ3v) is 7.74. The molecule has 0 N–H and O–H groups in total. The van der Waals surface area contributed by atoms with E-state index in [1.807, 2.05) is 6.07 Å². The van der Waals surface area contributed by atoms with Gasteiger partial charge in [0.2, 0.25) is 0 Å². The number of fused-ring (bicyclic) bond motifs is 10. The molecular formula is C34H21NO. The monoisotopic (exact) mass is 459 g/mol. The van der Waals surface area contributed by atoms with Crippen molar-refractivity contribution in [2.24, 2.45) is 0 Å². The number of pyridine rings is 1. The molecular weight excluding hydrogens is 438 g/mol. The predicted molar refractivity (Wildman–Crippen MR) is 145 cm³/mol. The van der Waals surface area contributed by atoms with E-state index < -0.39 is 5.41 Å². The van der Waals surface area contributed by atoms with Crippen molar-refractivity contribution in [2.75, 3.05) is 0 Å². The SMILES string of the molecule is c1ccc2c(c1)Oc1ccc(-c3ccc4ccccc4n3)cc1C21c2ccccc2-c2ccccc21. The number of hydrogen-bond acceptors (Lipinski definition) is 2. The van der Waals surface area contributed by atoms with Gasteiger partial charge in [0.05, 0.1) is 16.6 Å². The van der Waals surface area contributed by atoms with Crippen molar-refractivity contribution in [1.29, 1.82) is 0 Å². The van der Waals surface area contributed by atoms with Crippen molar-refractivity contribution in [3.05, 3.63) is 150 Å². The fraction of sp³-hybridized carbons (Fsp3) is 0.0294. The molecule has 1 aliphatic carbocycles. The molecule has 0 saturated heterocycles. The molecule has 0 amide bonds. The average Bonchev–Trinajstić information content (AvgIpc) is 3.24. The van der Waals surface area contributed by atoms with Gasteiger partial charge in [-0.15, -0.1) is 0 Å². The van der Waals surface area contributed by atoms with Crippen LogP contribution in [0, 0.1) is 0 Å². The molecule has 2 aliphatic rings. The van der Waals surface area contributed by atoms with E-state index >= 15 is 0 Å². The molecule has 0 fully saturated rings. The van der Waals surface area contributed by atoms with Crippen LogP contribution in [-0.2, 0) is 5.41 Å². The van der Waals surface area contributed by atoms with Crippen LogP contribution in [0.3, 0.4) is 0 Å². The van der Waals surface area contributed by atoms with Gasteiger partial charge in [-0.25, -0.2) is 4.98 Å². The van der Waals surface area contributed by atoms with Crippen molar-refractivity contribution in [3.8, 4) is 33.9 Å². The minimum atomic E-state index is -0.454. The third-order valence-electron chi connectivity index (χ3n) is 7.74. The zero-order valence-corrected chi connectivity index (χ0v) is 19.5. The highest BCUT2D eigenvalue weighted by Crippen LogP contribution is 2.62. The lowest BCUT2D eigenvalue weighted by atomic mass is 9.66. The minimum Gasteiger partial charge on any atom is -0.457 e. The average molecular weight is 460 g/mol. The van der Waals surface area contributed by atoms with E-state index in [1.165, 1.54) is 27.8 Å². The van der Waals surface area contributed by atoms with Crippen molar-refractivity contribution in [3.63, 3.8) is 0 Å². The van der Waals surface area contributed by atoms with Gasteiger partial charge in [0, 0.05) is 22.1 Å². The van der Waals surface area contributed by atoms with Gasteiger partial charge in [0.1, 0.15) is 11.5 Å². The Hall–Kier alpha value is -4.69. The summed E-state index contributed by atoms with van der Waals surface area (Å²) in [6.45, 7) is 0. The maximum absolute atomic E-state index is 6.53. The molecule has 1 spiro atoms. The highest BCUT2D eigenvalue weighted by atomic mass is 16.5. The molecule has 1 aromatic heterocycles. The number of nitrogens with zero attached hydrogens (tertiary/aromatic N) is 1. The van der Waals surface area contributed by atoms with E-state index in [-0.39, 0.29) is 0 Å². The molecule has 6 aromatic rings. The van der Waals surface area contributed by atoms with Gasteiger partial charge in [0.15, 0.2) is 0 Å². The highest BCUT2D eigenvalue weighted by molar-refractivity contribution is 5.89. The number of hydrogen-bond donors (Lipinski definition) is 0. The summed E-state index contributed by atoms with van der Waals surface area (Å²) in [7, 11) is 0. The van der Waals surface area contributed by atoms with Gasteiger partial charge < -0.3 is 4.74 Å². The second-order valence-electron chi connectivity index (χ2n) is 9.54. The second-order valence-corrected chi connectivity index (χ2v) is 9.54. The summed E-state index contributed by atoms with van der Waals surface area (Å²) in [6, 6.07) is 45.2.